The molecule has 0 aliphatic rings. The fourth-order valence-corrected chi connectivity index (χ4v) is 1.73. The molecule has 0 aliphatic carbocycles. The van der Waals surface area contributed by atoms with Crippen LogP contribution in [-0.2, 0) is 4.79 Å². The Morgan fingerprint density at radius 1 is 1.32 bits per heavy atom. The normalized spacial score (nSPS) is 10.3. The first-order valence-corrected chi connectivity index (χ1v) is 6.27. The molecule has 1 rings (SSSR count). The maximum atomic E-state index is 11.4. The van der Waals surface area contributed by atoms with Crippen LogP contribution in [0.2, 0.25) is 0 Å². The molecule has 1 aromatic rings. The van der Waals surface area contributed by atoms with Gasteiger partial charge in [0.05, 0.1) is 5.56 Å². The Morgan fingerprint density at radius 3 is 2.53 bits per heavy atom. The number of hydrogen-bond donors (Lipinski definition) is 3. The molecule has 0 saturated heterocycles. The summed E-state index contributed by atoms with van der Waals surface area (Å²) in [7, 11) is 0. The minimum absolute atomic E-state index is 0.00128. The van der Waals surface area contributed by atoms with E-state index in [4.69, 9.17) is 5.11 Å². The highest BCUT2D eigenvalue weighted by atomic mass is 16.4. The van der Waals surface area contributed by atoms with Gasteiger partial charge in [0.2, 0.25) is 5.91 Å². The topological polar surface area (TPSA) is 78.4 Å². The molecule has 0 aliphatic heterocycles. The molecule has 5 nitrogen and oxygen atoms in total. The highest BCUT2D eigenvalue weighted by Gasteiger charge is 2.07. The number of nitrogens with one attached hydrogen (secondary N) is 2. The molecule has 5 heteroatoms. The number of hydrogen-bond acceptors (Lipinski definition) is 3. The quantitative estimate of drug-likeness (QED) is 0.734. The molecule has 0 bridgehead atoms. The van der Waals surface area contributed by atoms with Crippen molar-refractivity contribution < 1.29 is 14.7 Å². The summed E-state index contributed by atoms with van der Waals surface area (Å²) in [6, 6.07) is 5.18. The Hall–Kier alpha value is -2.04. The lowest BCUT2D eigenvalue weighted by atomic mass is 10.1. The van der Waals surface area contributed by atoms with Gasteiger partial charge in [-0.15, -0.1) is 0 Å². The molecule has 0 atom stereocenters. The van der Waals surface area contributed by atoms with E-state index < -0.39 is 5.97 Å². The van der Waals surface area contributed by atoms with Gasteiger partial charge in [0.25, 0.3) is 0 Å². The second-order valence-electron chi connectivity index (χ2n) is 4.73. The van der Waals surface area contributed by atoms with Crippen molar-refractivity contribution >= 4 is 17.6 Å². The minimum Gasteiger partial charge on any atom is -0.478 e. The second kappa shape index (κ2) is 6.78. The molecule has 19 heavy (non-hydrogen) atoms. The summed E-state index contributed by atoms with van der Waals surface area (Å²) in [4.78, 5) is 22.3. The van der Waals surface area contributed by atoms with Crippen molar-refractivity contribution in [3.05, 3.63) is 29.3 Å². The molecule has 0 saturated carbocycles. The van der Waals surface area contributed by atoms with Gasteiger partial charge in [-0.1, -0.05) is 0 Å². The van der Waals surface area contributed by atoms with E-state index >= 15 is 0 Å². The van der Waals surface area contributed by atoms with Crippen LogP contribution in [0.3, 0.4) is 0 Å². The van der Waals surface area contributed by atoms with E-state index in [0.717, 1.165) is 5.69 Å². The summed E-state index contributed by atoms with van der Waals surface area (Å²) < 4.78 is 0. The van der Waals surface area contributed by atoms with Crippen molar-refractivity contribution in [2.24, 2.45) is 0 Å². The summed E-state index contributed by atoms with van der Waals surface area (Å²) in [6.45, 7) is 6.10. The van der Waals surface area contributed by atoms with Gasteiger partial charge >= 0.3 is 5.97 Å². The number of carboxylic acids is 1. The SMILES string of the molecule is Cc1cc(NCCC(=O)NC(C)C)ccc1C(=O)O. The van der Waals surface area contributed by atoms with E-state index in [9.17, 15) is 9.59 Å². The molecule has 0 fully saturated rings. The number of rotatable bonds is 6. The number of aryl methyl sites for hydroxylation is 1. The van der Waals surface area contributed by atoms with E-state index in [0.29, 0.717) is 24.1 Å². The van der Waals surface area contributed by atoms with Crippen molar-refractivity contribution in [1.29, 1.82) is 0 Å². The third-order valence-electron chi connectivity index (χ3n) is 2.59. The van der Waals surface area contributed by atoms with E-state index in [-0.39, 0.29) is 11.9 Å². The first-order chi connectivity index (χ1) is 8.90. The Kier molecular flexibility index (Phi) is 5.36. The number of anilines is 1. The van der Waals surface area contributed by atoms with E-state index in [1.54, 1.807) is 25.1 Å². The highest BCUT2D eigenvalue weighted by Crippen LogP contribution is 2.15. The van der Waals surface area contributed by atoms with E-state index in [1.165, 1.54) is 0 Å². The zero-order chi connectivity index (χ0) is 14.4. The number of amides is 1. The van der Waals surface area contributed by atoms with Crippen LogP contribution in [0.4, 0.5) is 5.69 Å². The smallest absolute Gasteiger partial charge is 0.335 e. The Morgan fingerprint density at radius 2 is 2.00 bits per heavy atom. The third kappa shape index (κ3) is 4.99. The van der Waals surface area contributed by atoms with Gasteiger partial charge in [-0.2, -0.15) is 0 Å². The minimum atomic E-state index is -0.930. The zero-order valence-electron chi connectivity index (χ0n) is 11.5. The maximum absolute atomic E-state index is 11.4. The lowest BCUT2D eigenvalue weighted by Gasteiger charge is -2.10. The Balaban J connectivity index is 2.48. The van der Waals surface area contributed by atoms with Crippen molar-refractivity contribution in [2.45, 2.75) is 33.2 Å². The van der Waals surface area contributed by atoms with Crippen LogP contribution in [-0.4, -0.2) is 29.6 Å². The summed E-state index contributed by atoms with van der Waals surface area (Å²) in [5.74, 6) is -0.929. The Bertz CT molecular complexity index is 470. The van der Waals surface area contributed by atoms with Gasteiger partial charge in [-0.05, 0) is 44.5 Å². The van der Waals surface area contributed by atoms with E-state index in [2.05, 4.69) is 10.6 Å². The first-order valence-electron chi connectivity index (χ1n) is 6.27. The summed E-state index contributed by atoms with van der Waals surface area (Å²) in [5, 5.41) is 14.8. The molecule has 3 N–H and O–H groups in total. The van der Waals surface area contributed by atoms with Crippen LogP contribution >= 0.6 is 0 Å². The van der Waals surface area contributed by atoms with Crippen molar-refractivity contribution in [2.75, 3.05) is 11.9 Å². The van der Waals surface area contributed by atoms with Gasteiger partial charge in [0.15, 0.2) is 0 Å². The number of aromatic carboxylic acids is 1. The lowest BCUT2D eigenvalue weighted by Crippen LogP contribution is -2.31. The largest absolute Gasteiger partial charge is 0.478 e. The zero-order valence-corrected chi connectivity index (χ0v) is 11.5. The van der Waals surface area contributed by atoms with Crippen molar-refractivity contribution in [1.82, 2.24) is 5.32 Å². The van der Waals surface area contributed by atoms with Crippen LogP contribution in [0.1, 0.15) is 36.2 Å². The van der Waals surface area contributed by atoms with Crippen LogP contribution in [0, 0.1) is 6.92 Å². The van der Waals surface area contributed by atoms with Crippen LogP contribution in [0.15, 0.2) is 18.2 Å². The lowest BCUT2D eigenvalue weighted by molar-refractivity contribution is -0.121. The van der Waals surface area contributed by atoms with Gasteiger partial charge < -0.3 is 15.7 Å². The molecule has 1 aromatic carbocycles. The highest BCUT2D eigenvalue weighted by molar-refractivity contribution is 5.89. The number of carbonyl (C=O) groups is 2. The molecule has 0 spiro atoms. The molecule has 104 valence electrons. The number of carboxylic acid groups (broad SMARTS) is 1. The predicted octanol–water partition coefficient (Wildman–Crippen LogP) is 2.02. The van der Waals surface area contributed by atoms with Crippen LogP contribution < -0.4 is 10.6 Å². The molecule has 1 amide bonds. The molecule has 0 aromatic heterocycles. The maximum Gasteiger partial charge on any atom is 0.335 e. The van der Waals surface area contributed by atoms with Gasteiger partial charge in [-0.25, -0.2) is 4.79 Å². The predicted molar refractivity (Wildman–Crippen MR) is 74.5 cm³/mol. The average molecular weight is 264 g/mol. The van der Waals surface area contributed by atoms with Gasteiger partial charge in [0, 0.05) is 24.7 Å². The fraction of sp³-hybridized carbons (Fsp3) is 0.429. The average Bonchev–Trinajstić information content (AvgIpc) is 2.27. The van der Waals surface area contributed by atoms with Crippen LogP contribution in [0.5, 0.6) is 0 Å². The second-order valence-corrected chi connectivity index (χ2v) is 4.73. The molecule has 0 radical (unpaired) electrons. The standard InChI is InChI=1S/C14H20N2O3/c1-9(2)16-13(17)6-7-15-11-4-5-12(14(18)19)10(3)8-11/h4-5,8-9,15H,6-7H2,1-3H3,(H,16,17)(H,18,19). The number of carbonyl (C=O) groups excluding carboxylic acids is 1. The summed E-state index contributed by atoms with van der Waals surface area (Å²) in [6.07, 6.45) is 0.387. The first kappa shape index (κ1) is 15.0. The van der Waals surface area contributed by atoms with Gasteiger partial charge in [0.1, 0.15) is 0 Å². The monoisotopic (exact) mass is 264 g/mol. The van der Waals surface area contributed by atoms with Crippen molar-refractivity contribution in [3.63, 3.8) is 0 Å². The third-order valence-corrected chi connectivity index (χ3v) is 2.59. The van der Waals surface area contributed by atoms with Crippen molar-refractivity contribution in [3.8, 4) is 0 Å². The van der Waals surface area contributed by atoms with Gasteiger partial charge in [-0.3, -0.25) is 4.79 Å². The molecule has 0 unspecified atom stereocenters. The number of benzene rings is 1. The van der Waals surface area contributed by atoms with E-state index in [1.807, 2.05) is 13.8 Å². The summed E-state index contributed by atoms with van der Waals surface area (Å²) in [5.41, 5.74) is 1.81. The molecular formula is C14H20N2O3. The molecular weight excluding hydrogens is 244 g/mol. The fourth-order valence-electron chi connectivity index (χ4n) is 1.73. The Labute approximate surface area is 113 Å². The van der Waals surface area contributed by atoms with Crippen LogP contribution in [0.25, 0.3) is 0 Å². The molecule has 0 heterocycles. The summed E-state index contributed by atoms with van der Waals surface area (Å²) >= 11 is 0.